The van der Waals surface area contributed by atoms with Gasteiger partial charge in [-0.3, -0.25) is 9.62 Å². The van der Waals surface area contributed by atoms with Gasteiger partial charge in [0.25, 0.3) is 0 Å². The fourth-order valence-electron chi connectivity index (χ4n) is 6.03. The lowest BCUT2D eigenvalue weighted by molar-refractivity contribution is 0.0990. The number of thioether (sulfide) groups is 1. The number of nitrogens with two attached hydrogens (primary N) is 1. The Morgan fingerprint density at radius 1 is 1.00 bits per heavy atom. The molecule has 26 heavy (non-hydrogen) atoms. The fraction of sp³-hybridized carbons (Fsp3) is 0.727. The van der Waals surface area contributed by atoms with Crippen molar-refractivity contribution in [1.29, 1.82) is 0 Å². The van der Waals surface area contributed by atoms with E-state index in [9.17, 15) is 0 Å². The summed E-state index contributed by atoms with van der Waals surface area (Å²) in [6.45, 7) is 2.33. The van der Waals surface area contributed by atoms with Crippen molar-refractivity contribution in [2.45, 2.75) is 106 Å². The maximum absolute atomic E-state index is 6.41. The fourth-order valence-corrected chi connectivity index (χ4v) is 8.61. The molecule has 0 spiro atoms. The van der Waals surface area contributed by atoms with Crippen LogP contribution in [0.5, 0.6) is 0 Å². The second-order valence-electron chi connectivity index (χ2n) is 8.49. The third kappa shape index (κ3) is 3.15. The van der Waals surface area contributed by atoms with Crippen LogP contribution in [-0.4, -0.2) is 16.8 Å². The van der Waals surface area contributed by atoms with E-state index < -0.39 is 0 Å². The van der Waals surface area contributed by atoms with Crippen molar-refractivity contribution in [1.82, 2.24) is 4.48 Å². The molecule has 0 radical (unpaired) electrons. The van der Waals surface area contributed by atoms with E-state index in [1.807, 2.05) is 0 Å². The molecule has 1 unspecified atom stereocenters. The van der Waals surface area contributed by atoms with Gasteiger partial charge in [0.15, 0.2) is 5.69 Å². The molecule has 4 heteroatoms. The van der Waals surface area contributed by atoms with Crippen LogP contribution in [0.3, 0.4) is 0 Å². The minimum absolute atomic E-state index is 0.453. The third-order valence-electron chi connectivity index (χ3n) is 7.04. The number of fused-ring (bicyclic) bond motifs is 1. The maximum Gasteiger partial charge on any atom is 0.206 e. The molecule has 0 aromatic heterocycles. The lowest BCUT2D eigenvalue weighted by atomic mass is 9.84. The summed E-state index contributed by atoms with van der Waals surface area (Å²) in [7, 11) is 0. The Morgan fingerprint density at radius 3 is 2.15 bits per heavy atom. The summed E-state index contributed by atoms with van der Waals surface area (Å²) in [5.74, 6) is 0. The second-order valence-corrected chi connectivity index (χ2v) is 10.6. The van der Waals surface area contributed by atoms with Crippen molar-refractivity contribution < 1.29 is 0 Å². The van der Waals surface area contributed by atoms with E-state index in [1.54, 1.807) is 23.2 Å². The largest absolute Gasteiger partial charge is 0.272 e. The average molecular weight is 392 g/mol. The number of para-hydroxylation sites is 1. The molecule has 1 atom stereocenters. The molecular weight excluding hydrogens is 356 g/mol. The van der Waals surface area contributed by atoms with Crippen molar-refractivity contribution in [3.63, 3.8) is 0 Å². The molecule has 2 N–H and O–H groups in total. The number of aryl methyl sites for hydroxylation is 1. The minimum Gasteiger partial charge on any atom is -0.272 e. The topological polar surface area (TPSA) is 26.0 Å². The number of hydrogen-bond donors (Lipinski definition) is 1. The van der Waals surface area contributed by atoms with Crippen LogP contribution in [0.15, 0.2) is 23.1 Å². The summed E-state index contributed by atoms with van der Waals surface area (Å²) >= 11 is 3.73. The molecule has 1 aromatic carbocycles. The van der Waals surface area contributed by atoms with Gasteiger partial charge in [-0.25, -0.2) is 0 Å². The molecule has 0 saturated heterocycles. The summed E-state index contributed by atoms with van der Waals surface area (Å²) in [6.07, 6.45) is 16.5. The molecule has 2 aliphatic carbocycles. The Kier molecular flexibility index (Phi) is 6.24. The van der Waals surface area contributed by atoms with Crippen molar-refractivity contribution in [3.8, 4) is 0 Å². The van der Waals surface area contributed by atoms with E-state index in [-0.39, 0.29) is 0 Å². The van der Waals surface area contributed by atoms with Crippen molar-refractivity contribution in [2.75, 3.05) is 0 Å². The van der Waals surface area contributed by atoms with Gasteiger partial charge >= 0.3 is 0 Å². The highest BCUT2D eigenvalue weighted by atomic mass is 32.2. The van der Waals surface area contributed by atoms with Gasteiger partial charge in [0.1, 0.15) is 0 Å². The first-order valence-corrected chi connectivity index (χ1v) is 12.7. The molecule has 2 fully saturated rings. The number of hydrogen-bond acceptors (Lipinski definition) is 3. The minimum atomic E-state index is 0.453. The molecule has 2 nitrogen and oxygen atoms in total. The van der Waals surface area contributed by atoms with Gasteiger partial charge in [0.2, 0.25) is 4.71 Å². The molecule has 4 rings (SSSR count). The van der Waals surface area contributed by atoms with E-state index in [0.29, 0.717) is 4.71 Å². The van der Waals surface area contributed by atoms with Crippen molar-refractivity contribution in [3.05, 3.63) is 23.8 Å². The number of nitrogens with zero attached hydrogens (tertiary/aromatic N) is 1. The van der Waals surface area contributed by atoms with Crippen molar-refractivity contribution in [2.24, 2.45) is 5.14 Å². The van der Waals surface area contributed by atoms with Gasteiger partial charge in [-0.05, 0) is 87.6 Å². The Hall–Kier alpha value is -0.160. The molecule has 0 bridgehead atoms. The first-order chi connectivity index (χ1) is 12.8. The van der Waals surface area contributed by atoms with Crippen LogP contribution >= 0.6 is 23.7 Å². The summed E-state index contributed by atoms with van der Waals surface area (Å²) in [6, 6.07) is 8.65. The number of rotatable bonds is 5. The van der Waals surface area contributed by atoms with Crippen LogP contribution in [-0.2, 0) is 6.42 Å². The van der Waals surface area contributed by atoms with Gasteiger partial charge in [0.05, 0.1) is 17.0 Å². The molecule has 144 valence electrons. The Morgan fingerprint density at radius 2 is 1.62 bits per heavy atom. The predicted octanol–water partition coefficient (Wildman–Crippen LogP) is 6.61. The predicted molar refractivity (Wildman–Crippen MR) is 117 cm³/mol. The SMILES string of the molecule is CCCc1cccc2c1[N+](C1CCCCC1)(C1CCCCC1)C(SN)S2. The molecule has 1 aliphatic heterocycles. The maximum atomic E-state index is 6.41. The monoisotopic (exact) mass is 391 g/mol. The first-order valence-electron chi connectivity index (χ1n) is 10.8. The average Bonchev–Trinajstić information content (AvgIpc) is 3.06. The smallest absolute Gasteiger partial charge is 0.206 e. The normalized spacial score (nSPS) is 26.8. The van der Waals surface area contributed by atoms with Crippen LogP contribution in [0.25, 0.3) is 0 Å². The lowest BCUT2D eigenvalue weighted by Gasteiger charge is -2.52. The lowest BCUT2D eigenvalue weighted by Crippen LogP contribution is -2.66. The number of quaternary nitrogens is 1. The van der Waals surface area contributed by atoms with Gasteiger partial charge in [-0.15, -0.1) is 0 Å². The molecule has 0 amide bonds. The van der Waals surface area contributed by atoms with E-state index >= 15 is 0 Å². The first kappa shape index (κ1) is 19.2. The van der Waals surface area contributed by atoms with Gasteiger partial charge in [-0.1, -0.05) is 38.3 Å². The highest BCUT2D eigenvalue weighted by Crippen LogP contribution is 2.59. The van der Waals surface area contributed by atoms with Crippen LogP contribution in [0, 0.1) is 0 Å². The third-order valence-corrected chi connectivity index (χ3v) is 9.38. The zero-order valence-electron chi connectivity index (χ0n) is 16.3. The van der Waals surface area contributed by atoms with Crippen LogP contribution in [0.2, 0.25) is 0 Å². The molecule has 1 heterocycles. The van der Waals surface area contributed by atoms with Crippen LogP contribution < -0.4 is 9.62 Å². The zero-order chi connectivity index (χ0) is 18.0. The van der Waals surface area contributed by atoms with Gasteiger partial charge in [0, 0.05) is 5.56 Å². The van der Waals surface area contributed by atoms with E-state index in [0.717, 1.165) is 12.1 Å². The Balaban J connectivity index is 1.88. The Bertz CT molecular complexity index is 588. The highest BCUT2D eigenvalue weighted by Gasteiger charge is 2.57. The second kappa shape index (κ2) is 8.46. The molecule has 3 aliphatic rings. The zero-order valence-corrected chi connectivity index (χ0v) is 17.9. The van der Waals surface area contributed by atoms with E-state index in [1.165, 1.54) is 86.4 Å². The Labute approximate surface area is 168 Å². The summed E-state index contributed by atoms with van der Waals surface area (Å²) < 4.78 is 1.67. The number of benzene rings is 1. The summed E-state index contributed by atoms with van der Waals surface area (Å²) in [4.78, 5) is 1.54. The van der Waals surface area contributed by atoms with Crippen LogP contribution in [0.4, 0.5) is 5.69 Å². The van der Waals surface area contributed by atoms with Gasteiger partial charge < -0.3 is 0 Å². The van der Waals surface area contributed by atoms with E-state index in [2.05, 4.69) is 36.9 Å². The summed E-state index contributed by atoms with van der Waals surface area (Å²) in [5, 5.41) is 6.41. The summed E-state index contributed by atoms with van der Waals surface area (Å²) in [5.41, 5.74) is 3.31. The van der Waals surface area contributed by atoms with E-state index in [4.69, 9.17) is 5.14 Å². The quantitative estimate of drug-likeness (QED) is 0.452. The molecule has 1 aromatic rings. The van der Waals surface area contributed by atoms with Crippen molar-refractivity contribution >= 4 is 29.4 Å². The molecule has 2 saturated carbocycles. The van der Waals surface area contributed by atoms with Crippen LogP contribution in [0.1, 0.15) is 83.1 Å². The standard InChI is InChI=1S/C22H35N2S2/c1-2-10-17-11-9-16-20-21(17)24(22(25-20)26-23,18-12-5-3-6-13-18)19-14-7-4-8-15-19/h9,11,16,18-19,22H,2-8,10,12-15,23H2,1H3/q+1. The highest BCUT2D eigenvalue weighted by molar-refractivity contribution is 8.16. The van der Waals surface area contributed by atoms with Gasteiger partial charge in [-0.2, -0.15) is 0 Å². The molecular formula is C22H35N2S2+.